The van der Waals surface area contributed by atoms with Crippen molar-refractivity contribution in [2.45, 2.75) is 45.1 Å². The highest BCUT2D eigenvalue weighted by Gasteiger charge is 2.15. The van der Waals surface area contributed by atoms with Crippen LogP contribution < -0.4 is 10.6 Å². The van der Waals surface area contributed by atoms with Crippen molar-refractivity contribution in [3.05, 3.63) is 39.9 Å². The Hall–Kier alpha value is -1.95. The van der Waals surface area contributed by atoms with E-state index in [4.69, 9.17) is 4.74 Å². The summed E-state index contributed by atoms with van der Waals surface area (Å²) in [5.74, 6) is 0.948. The molecule has 0 bridgehead atoms. The number of benzene rings is 1. The van der Waals surface area contributed by atoms with Gasteiger partial charge in [0.25, 0.3) is 5.69 Å². The number of nitro groups is 1. The molecule has 174 valence electrons. The Morgan fingerprint density at radius 2 is 1.87 bits per heavy atom. The molecule has 2 N–H and O–H groups in total. The van der Waals surface area contributed by atoms with E-state index in [1.807, 2.05) is 4.90 Å². The summed E-state index contributed by atoms with van der Waals surface area (Å²) in [6.45, 7) is 4.13. The molecule has 0 unspecified atom stereocenters. The van der Waals surface area contributed by atoms with Crippen molar-refractivity contribution in [2.24, 2.45) is 4.99 Å². The molecule has 0 spiro atoms. The van der Waals surface area contributed by atoms with Crippen molar-refractivity contribution in [1.29, 1.82) is 0 Å². The normalized spacial score (nSPS) is 14.5. The summed E-state index contributed by atoms with van der Waals surface area (Å²) in [6.07, 6.45) is 5.58. The predicted octanol–water partition coefficient (Wildman–Crippen LogP) is 3.08. The van der Waals surface area contributed by atoms with Gasteiger partial charge in [-0.25, -0.2) is 4.99 Å². The van der Waals surface area contributed by atoms with Crippen LogP contribution in [0.5, 0.6) is 0 Å². The molecule has 1 heterocycles. The highest BCUT2D eigenvalue weighted by atomic mass is 127. The zero-order valence-corrected chi connectivity index (χ0v) is 20.5. The van der Waals surface area contributed by atoms with E-state index in [9.17, 15) is 14.9 Å². The monoisotopic (exact) mass is 547 g/mol. The Balaban J connectivity index is 0.00000480. The minimum atomic E-state index is -0.410. The summed E-state index contributed by atoms with van der Waals surface area (Å²) in [7, 11) is 1.67. The zero-order chi connectivity index (χ0) is 21.6. The lowest BCUT2D eigenvalue weighted by molar-refractivity contribution is -0.384. The summed E-state index contributed by atoms with van der Waals surface area (Å²) < 4.78 is 5.08. The number of methoxy groups -OCH3 is 1. The number of ether oxygens (including phenoxy) is 1. The van der Waals surface area contributed by atoms with Gasteiger partial charge in [0.05, 0.1) is 11.5 Å². The lowest BCUT2D eigenvalue weighted by Gasteiger charge is -2.21. The first-order valence-electron chi connectivity index (χ1n) is 10.6. The first kappa shape index (κ1) is 27.1. The molecule has 31 heavy (non-hydrogen) atoms. The topological polar surface area (TPSA) is 109 Å². The number of carbonyl (C=O) groups excluding carboxylic acids is 1. The molecular weight excluding hydrogens is 513 g/mol. The van der Waals surface area contributed by atoms with Gasteiger partial charge in [-0.1, -0.05) is 18.6 Å². The molecule has 1 aromatic carbocycles. The van der Waals surface area contributed by atoms with Crippen molar-refractivity contribution in [3.63, 3.8) is 0 Å². The summed E-state index contributed by atoms with van der Waals surface area (Å²) >= 11 is 0. The molecule has 1 aliphatic rings. The number of rotatable bonds is 11. The molecule has 2 rings (SSSR count). The maximum absolute atomic E-state index is 12.1. The SMILES string of the molecule is COCCCNC(=NCc1ccc([N+](=O)[O-])cc1)NCCCN1CCCCCC1=O.I. The van der Waals surface area contributed by atoms with Gasteiger partial charge in [0.1, 0.15) is 0 Å². The third-order valence-electron chi connectivity index (χ3n) is 4.95. The third-order valence-corrected chi connectivity index (χ3v) is 4.95. The van der Waals surface area contributed by atoms with Crippen LogP contribution in [0.25, 0.3) is 0 Å². The van der Waals surface area contributed by atoms with Gasteiger partial charge < -0.3 is 20.3 Å². The van der Waals surface area contributed by atoms with Gasteiger partial charge in [-0.05, 0) is 31.2 Å². The van der Waals surface area contributed by atoms with E-state index < -0.39 is 4.92 Å². The fourth-order valence-corrected chi connectivity index (χ4v) is 3.24. The number of nitro benzene ring substituents is 1. The van der Waals surface area contributed by atoms with Crippen LogP contribution in [-0.2, 0) is 16.1 Å². The molecule has 1 saturated heterocycles. The van der Waals surface area contributed by atoms with Crippen LogP contribution in [0.1, 0.15) is 44.1 Å². The Labute approximate surface area is 201 Å². The molecule has 0 radical (unpaired) electrons. The van der Waals surface area contributed by atoms with Crippen LogP contribution in [-0.4, -0.2) is 61.6 Å². The average Bonchev–Trinajstić information content (AvgIpc) is 2.96. The summed E-state index contributed by atoms with van der Waals surface area (Å²) in [5.41, 5.74) is 0.968. The molecule has 0 aromatic heterocycles. The van der Waals surface area contributed by atoms with E-state index >= 15 is 0 Å². The number of halogens is 1. The molecular formula is C21H34IN5O4. The third kappa shape index (κ3) is 10.8. The van der Waals surface area contributed by atoms with E-state index in [0.717, 1.165) is 57.3 Å². The van der Waals surface area contributed by atoms with Crippen LogP contribution in [0.3, 0.4) is 0 Å². The number of nitrogens with zero attached hydrogens (tertiary/aromatic N) is 3. The second-order valence-corrected chi connectivity index (χ2v) is 7.33. The van der Waals surface area contributed by atoms with Crippen LogP contribution in [0.15, 0.2) is 29.3 Å². The Morgan fingerprint density at radius 1 is 1.16 bits per heavy atom. The molecule has 0 atom stereocenters. The smallest absolute Gasteiger partial charge is 0.269 e. The first-order chi connectivity index (χ1) is 14.6. The fourth-order valence-electron chi connectivity index (χ4n) is 3.24. The highest BCUT2D eigenvalue weighted by molar-refractivity contribution is 14.0. The van der Waals surface area contributed by atoms with Crippen molar-refractivity contribution in [2.75, 3.05) is 39.9 Å². The van der Waals surface area contributed by atoms with E-state index in [1.54, 1.807) is 19.2 Å². The van der Waals surface area contributed by atoms with Crippen LogP contribution in [0, 0.1) is 10.1 Å². The Morgan fingerprint density at radius 3 is 2.55 bits per heavy atom. The lowest BCUT2D eigenvalue weighted by Crippen LogP contribution is -2.40. The van der Waals surface area contributed by atoms with E-state index in [0.29, 0.717) is 32.1 Å². The second-order valence-electron chi connectivity index (χ2n) is 7.33. The van der Waals surface area contributed by atoms with Crippen LogP contribution >= 0.6 is 24.0 Å². The quantitative estimate of drug-likeness (QED) is 0.110. The van der Waals surface area contributed by atoms with Crippen molar-refractivity contribution in [3.8, 4) is 0 Å². The molecule has 1 amide bonds. The highest BCUT2D eigenvalue weighted by Crippen LogP contribution is 2.13. The standard InChI is InChI=1S/C21H33N5O4.HI/c1-30-16-6-13-23-21(24-17-18-8-10-19(11-9-18)26(28)29)22-12-5-15-25-14-4-2-3-7-20(25)27;/h8-11H,2-7,12-17H2,1H3,(H2,22,23,24);1H. The minimum Gasteiger partial charge on any atom is -0.385 e. The predicted molar refractivity (Wildman–Crippen MR) is 132 cm³/mol. The fraction of sp³-hybridized carbons (Fsp3) is 0.619. The van der Waals surface area contributed by atoms with Gasteiger partial charge in [0.2, 0.25) is 5.91 Å². The van der Waals surface area contributed by atoms with E-state index in [-0.39, 0.29) is 35.6 Å². The van der Waals surface area contributed by atoms with Crippen molar-refractivity contribution >= 4 is 41.5 Å². The van der Waals surface area contributed by atoms with E-state index in [1.165, 1.54) is 12.1 Å². The number of aliphatic imine (C=N–C) groups is 1. The van der Waals surface area contributed by atoms with Gasteiger partial charge in [0.15, 0.2) is 5.96 Å². The molecule has 10 heteroatoms. The number of likely N-dealkylation sites (tertiary alicyclic amines) is 1. The molecule has 1 aromatic rings. The first-order valence-corrected chi connectivity index (χ1v) is 10.6. The Kier molecular flexibility index (Phi) is 13.8. The van der Waals surface area contributed by atoms with Gasteiger partial charge in [-0.2, -0.15) is 0 Å². The number of hydrogen-bond donors (Lipinski definition) is 2. The summed E-state index contributed by atoms with van der Waals surface area (Å²) in [5, 5.41) is 17.4. The number of nitrogens with one attached hydrogen (secondary N) is 2. The Bertz CT molecular complexity index is 700. The zero-order valence-electron chi connectivity index (χ0n) is 18.2. The van der Waals surface area contributed by atoms with Gasteiger partial charge in [-0.15, -0.1) is 24.0 Å². The maximum atomic E-state index is 12.1. The largest absolute Gasteiger partial charge is 0.385 e. The van der Waals surface area contributed by atoms with Crippen molar-refractivity contribution < 1.29 is 14.5 Å². The van der Waals surface area contributed by atoms with Crippen LogP contribution in [0.4, 0.5) is 5.69 Å². The molecule has 0 saturated carbocycles. The van der Waals surface area contributed by atoms with Gasteiger partial charge in [0, 0.05) is 58.4 Å². The number of guanidine groups is 1. The summed E-state index contributed by atoms with van der Waals surface area (Å²) in [4.78, 5) is 29.0. The molecule has 0 aliphatic carbocycles. The van der Waals surface area contributed by atoms with Gasteiger partial charge >= 0.3 is 0 Å². The number of carbonyl (C=O) groups is 1. The minimum absolute atomic E-state index is 0. The van der Waals surface area contributed by atoms with Crippen molar-refractivity contribution in [1.82, 2.24) is 15.5 Å². The second kappa shape index (κ2) is 15.8. The molecule has 1 aliphatic heterocycles. The maximum Gasteiger partial charge on any atom is 0.269 e. The number of hydrogen-bond acceptors (Lipinski definition) is 5. The average molecular weight is 547 g/mol. The lowest BCUT2D eigenvalue weighted by atomic mass is 10.2. The molecule has 1 fully saturated rings. The molecule has 9 nitrogen and oxygen atoms in total. The number of non-ortho nitro benzene ring substituents is 1. The number of amides is 1. The summed E-state index contributed by atoms with van der Waals surface area (Å²) in [6, 6.07) is 6.41. The van der Waals surface area contributed by atoms with E-state index in [2.05, 4.69) is 15.6 Å². The van der Waals surface area contributed by atoms with Gasteiger partial charge in [-0.3, -0.25) is 14.9 Å². The van der Waals surface area contributed by atoms with Crippen LogP contribution in [0.2, 0.25) is 0 Å².